The van der Waals surface area contributed by atoms with Gasteiger partial charge in [-0.1, -0.05) is 31.2 Å². The average Bonchev–Trinajstić information content (AvgIpc) is 2.53. The van der Waals surface area contributed by atoms with Gasteiger partial charge in [0.15, 0.2) is 0 Å². The summed E-state index contributed by atoms with van der Waals surface area (Å²) < 4.78 is 6.01. The van der Waals surface area contributed by atoms with Gasteiger partial charge in [-0.3, -0.25) is 4.98 Å². The largest absolute Gasteiger partial charge is 0.376 e. The lowest BCUT2D eigenvalue weighted by atomic mass is 9.93. The Hall–Kier alpha value is -1.45. The third-order valence-corrected chi connectivity index (χ3v) is 4.04. The normalized spacial score (nSPS) is 20.9. The van der Waals surface area contributed by atoms with Crippen LogP contribution in [0, 0.1) is 0 Å². The molecule has 1 N–H and O–H groups in total. The molecule has 3 heteroatoms. The maximum atomic E-state index is 6.01. The third kappa shape index (κ3) is 2.69. The summed E-state index contributed by atoms with van der Waals surface area (Å²) in [5.74, 6) is 0. The Morgan fingerprint density at radius 3 is 3.00 bits per heavy atom. The molecule has 0 radical (unpaired) electrons. The number of benzene rings is 1. The Morgan fingerprint density at radius 2 is 2.20 bits per heavy atom. The van der Waals surface area contributed by atoms with Gasteiger partial charge >= 0.3 is 0 Å². The van der Waals surface area contributed by atoms with Crippen LogP contribution in [-0.2, 0) is 4.74 Å². The highest BCUT2D eigenvalue weighted by molar-refractivity contribution is 5.85. The van der Waals surface area contributed by atoms with Crippen molar-refractivity contribution in [2.24, 2.45) is 0 Å². The number of nitrogens with one attached hydrogen (secondary N) is 1. The summed E-state index contributed by atoms with van der Waals surface area (Å²) in [6, 6.07) is 8.69. The van der Waals surface area contributed by atoms with Gasteiger partial charge in [0.2, 0.25) is 0 Å². The van der Waals surface area contributed by atoms with Crippen molar-refractivity contribution in [3.63, 3.8) is 0 Å². The van der Waals surface area contributed by atoms with E-state index >= 15 is 0 Å². The van der Waals surface area contributed by atoms with Crippen molar-refractivity contribution in [1.29, 1.82) is 0 Å². The molecule has 106 valence electrons. The van der Waals surface area contributed by atoms with Crippen molar-refractivity contribution >= 4 is 10.8 Å². The molecule has 20 heavy (non-hydrogen) atoms. The molecule has 1 aromatic carbocycles. The van der Waals surface area contributed by atoms with Crippen LogP contribution in [0.15, 0.2) is 36.7 Å². The minimum atomic E-state index is 0.235. The van der Waals surface area contributed by atoms with E-state index in [-0.39, 0.29) is 12.1 Å². The molecule has 3 nitrogen and oxygen atoms in total. The van der Waals surface area contributed by atoms with E-state index in [4.69, 9.17) is 4.74 Å². The summed E-state index contributed by atoms with van der Waals surface area (Å²) >= 11 is 0. The van der Waals surface area contributed by atoms with Gasteiger partial charge < -0.3 is 10.1 Å². The van der Waals surface area contributed by atoms with Crippen LogP contribution in [-0.4, -0.2) is 24.2 Å². The maximum absolute atomic E-state index is 6.01. The van der Waals surface area contributed by atoms with Gasteiger partial charge in [-0.2, -0.15) is 0 Å². The zero-order valence-corrected chi connectivity index (χ0v) is 12.0. The van der Waals surface area contributed by atoms with Crippen LogP contribution in [0.2, 0.25) is 0 Å². The van der Waals surface area contributed by atoms with E-state index in [2.05, 4.69) is 41.5 Å². The molecule has 1 aliphatic heterocycles. The first-order valence-electron chi connectivity index (χ1n) is 7.58. The van der Waals surface area contributed by atoms with Gasteiger partial charge in [0.1, 0.15) is 0 Å². The number of hydrogen-bond donors (Lipinski definition) is 1. The van der Waals surface area contributed by atoms with E-state index in [9.17, 15) is 0 Å². The minimum Gasteiger partial charge on any atom is -0.376 e. The Balaban J connectivity index is 2.00. The lowest BCUT2D eigenvalue weighted by Crippen LogP contribution is -2.36. The quantitative estimate of drug-likeness (QED) is 0.924. The topological polar surface area (TPSA) is 34.2 Å². The number of hydrogen-bond acceptors (Lipinski definition) is 3. The standard InChI is InChI=1S/C17H22N2O/c1-2-19-17(16-9-5-6-10-20-16)15-12-18-11-13-7-3-4-8-14(13)15/h3-4,7-8,11-12,16-17,19H,2,5-6,9-10H2,1H3. The first kappa shape index (κ1) is 13.5. The first-order valence-corrected chi connectivity index (χ1v) is 7.58. The molecule has 0 bridgehead atoms. The molecule has 2 unspecified atom stereocenters. The smallest absolute Gasteiger partial charge is 0.0770 e. The summed E-state index contributed by atoms with van der Waals surface area (Å²) in [5, 5.41) is 6.07. The van der Waals surface area contributed by atoms with Crippen molar-refractivity contribution in [1.82, 2.24) is 10.3 Å². The number of nitrogens with zero attached hydrogens (tertiary/aromatic N) is 1. The molecule has 1 fully saturated rings. The zero-order chi connectivity index (χ0) is 13.8. The fraction of sp³-hybridized carbons (Fsp3) is 0.471. The molecule has 2 heterocycles. The van der Waals surface area contributed by atoms with Gasteiger partial charge in [0.25, 0.3) is 0 Å². The Morgan fingerprint density at radius 1 is 1.30 bits per heavy atom. The summed E-state index contributed by atoms with van der Waals surface area (Å²) in [4.78, 5) is 4.42. The molecular weight excluding hydrogens is 248 g/mol. The fourth-order valence-corrected chi connectivity index (χ4v) is 3.08. The Bertz CT molecular complexity index is 558. The average molecular weight is 270 g/mol. The Kier molecular flexibility index (Phi) is 4.28. The molecule has 2 aromatic rings. The summed E-state index contributed by atoms with van der Waals surface area (Å²) in [6.07, 6.45) is 7.75. The second kappa shape index (κ2) is 6.33. The van der Waals surface area contributed by atoms with Gasteiger partial charge in [-0.25, -0.2) is 0 Å². The van der Waals surface area contributed by atoms with Gasteiger partial charge in [-0.05, 0) is 36.8 Å². The molecular formula is C17H22N2O. The van der Waals surface area contributed by atoms with Crippen LogP contribution >= 0.6 is 0 Å². The molecule has 0 aliphatic carbocycles. The molecule has 0 amide bonds. The van der Waals surface area contributed by atoms with Crippen molar-refractivity contribution in [2.45, 2.75) is 38.3 Å². The van der Waals surface area contributed by atoms with E-state index in [0.717, 1.165) is 19.6 Å². The number of rotatable bonds is 4. The van der Waals surface area contributed by atoms with Crippen LogP contribution < -0.4 is 5.32 Å². The van der Waals surface area contributed by atoms with Gasteiger partial charge in [0.05, 0.1) is 12.1 Å². The van der Waals surface area contributed by atoms with E-state index in [1.165, 1.54) is 29.2 Å². The minimum absolute atomic E-state index is 0.235. The van der Waals surface area contributed by atoms with Crippen molar-refractivity contribution in [3.05, 3.63) is 42.2 Å². The Labute approximate surface area is 120 Å². The highest BCUT2D eigenvalue weighted by Gasteiger charge is 2.26. The maximum Gasteiger partial charge on any atom is 0.0770 e. The van der Waals surface area contributed by atoms with Crippen molar-refractivity contribution in [2.75, 3.05) is 13.2 Å². The highest BCUT2D eigenvalue weighted by Crippen LogP contribution is 2.30. The number of ether oxygens (including phenoxy) is 1. The molecule has 3 rings (SSSR count). The number of likely N-dealkylation sites (N-methyl/N-ethyl adjacent to an activating group) is 1. The summed E-state index contributed by atoms with van der Waals surface area (Å²) in [6.45, 7) is 3.97. The van der Waals surface area contributed by atoms with Crippen molar-refractivity contribution < 1.29 is 4.74 Å². The third-order valence-electron chi connectivity index (χ3n) is 4.04. The second-order valence-electron chi connectivity index (χ2n) is 5.39. The molecule has 0 spiro atoms. The zero-order valence-electron chi connectivity index (χ0n) is 12.0. The van der Waals surface area contributed by atoms with Gasteiger partial charge in [-0.15, -0.1) is 0 Å². The summed E-state index contributed by atoms with van der Waals surface area (Å²) in [7, 11) is 0. The molecule has 0 saturated carbocycles. The first-order chi connectivity index (χ1) is 9.90. The molecule has 2 atom stereocenters. The number of pyridine rings is 1. The van der Waals surface area contributed by atoms with Crippen LogP contribution in [0.1, 0.15) is 37.8 Å². The number of fused-ring (bicyclic) bond motifs is 1. The van der Waals surface area contributed by atoms with Gasteiger partial charge in [0, 0.05) is 24.4 Å². The highest BCUT2D eigenvalue weighted by atomic mass is 16.5. The summed E-state index contributed by atoms with van der Waals surface area (Å²) in [5.41, 5.74) is 1.26. The lowest BCUT2D eigenvalue weighted by molar-refractivity contribution is -0.00762. The van der Waals surface area contributed by atoms with E-state index in [0.29, 0.717) is 0 Å². The van der Waals surface area contributed by atoms with Crippen LogP contribution in [0.5, 0.6) is 0 Å². The monoisotopic (exact) mass is 270 g/mol. The SMILES string of the molecule is CCNC(c1cncc2ccccc12)C1CCCCO1. The lowest BCUT2D eigenvalue weighted by Gasteiger charge is -2.31. The van der Waals surface area contributed by atoms with E-state index < -0.39 is 0 Å². The number of aromatic nitrogens is 1. The fourth-order valence-electron chi connectivity index (χ4n) is 3.08. The molecule has 1 aliphatic rings. The predicted molar refractivity (Wildman–Crippen MR) is 81.8 cm³/mol. The van der Waals surface area contributed by atoms with Crippen LogP contribution in [0.4, 0.5) is 0 Å². The molecule has 1 saturated heterocycles. The van der Waals surface area contributed by atoms with Crippen molar-refractivity contribution in [3.8, 4) is 0 Å². The van der Waals surface area contributed by atoms with Crippen LogP contribution in [0.3, 0.4) is 0 Å². The van der Waals surface area contributed by atoms with Crippen LogP contribution in [0.25, 0.3) is 10.8 Å². The predicted octanol–water partition coefficient (Wildman–Crippen LogP) is 3.45. The second-order valence-corrected chi connectivity index (χ2v) is 5.39. The van der Waals surface area contributed by atoms with E-state index in [1.807, 2.05) is 12.4 Å². The molecule has 1 aromatic heterocycles. The van der Waals surface area contributed by atoms with E-state index in [1.54, 1.807) is 0 Å².